The second-order valence-electron chi connectivity index (χ2n) is 6.34. The summed E-state index contributed by atoms with van der Waals surface area (Å²) in [6.45, 7) is 9.39. The number of hydrogen-bond acceptors (Lipinski definition) is 3. The smallest absolute Gasteiger partial charge is 0.124 e. The fourth-order valence-electron chi connectivity index (χ4n) is 2.49. The van der Waals surface area contributed by atoms with Crippen LogP contribution in [0.3, 0.4) is 0 Å². The third-order valence-electron chi connectivity index (χ3n) is 3.71. The average Bonchev–Trinajstić information content (AvgIpc) is 2.57. The highest BCUT2D eigenvalue weighted by molar-refractivity contribution is 5.33. The maximum absolute atomic E-state index is 6.02. The SMILES string of the molecule is Cc1cccc(COc2ccccc2CNCCCOC(C)C)c1. The van der Waals surface area contributed by atoms with E-state index >= 15 is 0 Å². The van der Waals surface area contributed by atoms with Gasteiger partial charge in [0.05, 0.1) is 6.10 Å². The Kier molecular flexibility index (Phi) is 7.80. The molecule has 3 nitrogen and oxygen atoms in total. The van der Waals surface area contributed by atoms with Crippen LogP contribution < -0.4 is 10.1 Å². The van der Waals surface area contributed by atoms with Crippen molar-refractivity contribution in [3.63, 3.8) is 0 Å². The fourth-order valence-corrected chi connectivity index (χ4v) is 2.49. The van der Waals surface area contributed by atoms with Gasteiger partial charge in [-0.05, 0) is 45.4 Å². The van der Waals surface area contributed by atoms with Gasteiger partial charge in [-0.1, -0.05) is 48.0 Å². The molecule has 0 spiro atoms. The molecule has 130 valence electrons. The van der Waals surface area contributed by atoms with Gasteiger partial charge in [0, 0.05) is 18.7 Å². The first kappa shape index (κ1) is 18.5. The van der Waals surface area contributed by atoms with Crippen LogP contribution in [-0.2, 0) is 17.9 Å². The lowest BCUT2D eigenvalue weighted by Crippen LogP contribution is -2.17. The number of aryl methyl sites for hydroxylation is 1. The van der Waals surface area contributed by atoms with Gasteiger partial charge in [-0.25, -0.2) is 0 Å². The summed E-state index contributed by atoms with van der Waals surface area (Å²) in [5, 5.41) is 3.46. The van der Waals surface area contributed by atoms with Crippen LogP contribution in [0.1, 0.15) is 37.0 Å². The van der Waals surface area contributed by atoms with Crippen molar-refractivity contribution in [3.8, 4) is 5.75 Å². The summed E-state index contributed by atoms with van der Waals surface area (Å²) in [6.07, 6.45) is 1.32. The van der Waals surface area contributed by atoms with E-state index < -0.39 is 0 Å². The van der Waals surface area contributed by atoms with E-state index in [4.69, 9.17) is 9.47 Å². The molecule has 0 aromatic heterocycles. The molecule has 0 radical (unpaired) electrons. The highest BCUT2D eigenvalue weighted by Gasteiger charge is 2.03. The molecular formula is C21H29NO2. The first-order valence-electron chi connectivity index (χ1n) is 8.73. The zero-order valence-electron chi connectivity index (χ0n) is 15.0. The van der Waals surface area contributed by atoms with E-state index in [0.717, 1.165) is 31.9 Å². The van der Waals surface area contributed by atoms with E-state index in [1.165, 1.54) is 16.7 Å². The fraction of sp³-hybridized carbons (Fsp3) is 0.429. The Hall–Kier alpha value is -1.84. The van der Waals surface area contributed by atoms with Gasteiger partial charge in [-0.2, -0.15) is 0 Å². The molecule has 0 saturated carbocycles. The Bertz CT molecular complexity index is 610. The van der Waals surface area contributed by atoms with Crippen LogP contribution in [0.2, 0.25) is 0 Å². The van der Waals surface area contributed by atoms with E-state index in [2.05, 4.69) is 62.5 Å². The van der Waals surface area contributed by atoms with Crippen LogP contribution in [0.25, 0.3) is 0 Å². The van der Waals surface area contributed by atoms with Crippen molar-refractivity contribution >= 4 is 0 Å². The van der Waals surface area contributed by atoms with Crippen molar-refractivity contribution in [2.24, 2.45) is 0 Å². The van der Waals surface area contributed by atoms with E-state index in [1.807, 2.05) is 12.1 Å². The van der Waals surface area contributed by atoms with Crippen molar-refractivity contribution in [2.45, 2.75) is 46.4 Å². The van der Waals surface area contributed by atoms with Gasteiger partial charge in [0.2, 0.25) is 0 Å². The molecule has 0 bridgehead atoms. The van der Waals surface area contributed by atoms with Gasteiger partial charge in [0.1, 0.15) is 12.4 Å². The summed E-state index contributed by atoms with van der Waals surface area (Å²) in [5.41, 5.74) is 3.65. The number of nitrogens with one attached hydrogen (secondary N) is 1. The molecule has 0 saturated heterocycles. The monoisotopic (exact) mass is 327 g/mol. The molecule has 0 unspecified atom stereocenters. The van der Waals surface area contributed by atoms with Crippen LogP contribution in [0.4, 0.5) is 0 Å². The van der Waals surface area contributed by atoms with Crippen LogP contribution in [0, 0.1) is 6.92 Å². The molecule has 0 heterocycles. The minimum atomic E-state index is 0.306. The number of rotatable bonds is 10. The minimum absolute atomic E-state index is 0.306. The van der Waals surface area contributed by atoms with Gasteiger partial charge >= 0.3 is 0 Å². The van der Waals surface area contributed by atoms with Gasteiger partial charge < -0.3 is 14.8 Å². The van der Waals surface area contributed by atoms with Gasteiger partial charge in [-0.15, -0.1) is 0 Å². The lowest BCUT2D eigenvalue weighted by molar-refractivity contribution is 0.0770. The standard InChI is InChI=1S/C21H29NO2/c1-17(2)23-13-7-12-22-15-20-10-4-5-11-21(20)24-16-19-9-6-8-18(3)14-19/h4-6,8-11,14,17,22H,7,12-13,15-16H2,1-3H3. The second kappa shape index (κ2) is 10.1. The lowest BCUT2D eigenvalue weighted by Gasteiger charge is -2.13. The molecule has 1 N–H and O–H groups in total. The molecule has 0 fully saturated rings. The third-order valence-corrected chi connectivity index (χ3v) is 3.71. The summed E-state index contributed by atoms with van der Waals surface area (Å²) in [6, 6.07) is 16.7. The van der Waals surface area contributed by atoms with Gasteiger partial charge in [-0.3, -0.25) is 0 Å². The maximum Gasteiger partial charge on any atom is 0.124 e. The summed E-state index contributed by atoms with van der Waals surface area (Å²) >= 11 is 0. The minimum Gasteiger partial charge on any atom is -0.489 e. The molecule has 0 amide bonds. The molecule has 0 aliphatic rings. The Morgan fingerprint density at radius 1 is 1.04 bits per heavy atom. The quantitative estimate of drug-likeness (QED) is 0.653. The van der Waals surface area contributed by atoms with E-state index in [0.29, 0.717) is 12.7 Å². The molecular weight excluding hydrogens is 298 g/mol. The summed E-state index contributed by atoms with van der Waals surface area (Å²) < 4.78 is 11.6. The average molecular weight is 327 g/mol. The van der Waals surface area contributed by atoms with Crippen molar-refractivity contribution in [1.82, 2.24) is 5.32 Å². The van der Waals surface area contributed by atoms with Crippen LogP contribution >= 0.6 is 0 Å². The molecule has 2 rings (SSSR count). The Morgan fingerprint density at radius 2 is 1.88 bits per heavy atom. The number of para-hydroxylation sites is 1. The molecule has 3 heteroatoms. The predicted octanol–water partition coefficient (Wildman–Crippen LogP) is 4.48. The summed E-state index contributed by atoms with van der Waals surface area (Å²) in [5.74, 6) is 0.949. The summed E-state index contributed by atoms with van der Waals surface area (Å²) in [4.78, 5) is 0. The molecule has 0 atom stereocenters. The highest BCUT2D eigenvalue weighted by atomic mass is 16.5. The van der Waals surface area contributed by atoms with E-state index in [9.17, 15) is 0 Å². The zero-order valence-corrected chi connectivity index (χ0v) is 15.0. The van der Waals surface area contributed by atoms with Crippen LogP contribution in [0.15, 0.2) is 48.5 Å². The zero-order chi connectivity index (χ0) is 17.2. The molecule has 2 aromatic carbocycles. The summed E-state index contributed by atoms with van der Waals surface area (Å²) in [7, 11) is 0. The largest absolute Gasteiger partial charge is 0.489 e. The number of ether oxygens (including phenoxy) is 2. The third kappa shape index (κ3) is 6.73. The first-order valence-corrected chi connectivity index (χ1v) is 8.73. The molecule has 0 aliphatic carbocycles. The van der Waals surface area contributed by atoms with Crippen LogP contribution in [0.5, 0.6) is 5.75 Å². The predicted molar refractivity (Wildman–Crippen MR) is 99.4 cm³/mol. The Balaban J connectivity index is 1.79. The second-order valence-corrected chi connectivity index (χ2v) is 6.34. The number of benzene rings is 2. The van der Waals surface area contributed by atoms with E-state index in [1.54, 1.807) is 0 Å². The first-order chi connectivity index (χ1) is 11.6. The van der Waals surface area contributed by atoms with E-state index in [-0.39, 0.29) is 0 Å². The normalized spacial score (nSPS) is 11.0. The van der Waals surface area contributed by atoms with Crippen molar-refractivity contribution in [3.05, 3.63) is 65.2 Å². The molecule has 0 aliphatic heterocycles. The van der Waals surface area contributed by atoms with Crippen molar-refractivity contribution < 1.29 is 9.47 Å². The maximum atomic E-state index is 6.02. The topological polar surface area (TPSA) is 30.5 Å². The van der Waals surface area contributed by atoms with Crippen LogP contribution in [-0.4, -0.2) is 19.3 Å². The Labute approximate surface area is 146 Å². The lowest BCUT2D eigenvalue weighted by atomic mass is 10.1. The van der Waals surface area contributed by atoms with Crippen molar-refractivity contribution in [2.75, 3.05) is 13.2 Å². The molecule has 2 aromatic rings. The molecule has 24 heavy (non-hydrogen) atoms. The van der Waals surface area contributed by atoms with Gasteiger partial charge in [0.25, 0.3) is 0 Å². The Morgan fingerprint density at radius 3 is 2.67 bits per heavy atom. The van der Waals surface area contributed by atoms with Crippen molar-refractivity contribution in [1.29, 1.82) is 0 Å². The highest BCUT2D eigenvalue weighted by Crippen LogP contribution is 2.19. The number of hydrogen-bond donors (Lipinski definition) is 1. The van der Waals surface area contributed by atoms with Gasteiger partial charge in [0.15, 0.2) is 0 Å².